The number of nitrogens with zero attached hydrogens (tertiary/aromatic N) is 2. The van der Waals surface area contributed by atoms with Crippen LogP contribution in [0.15, 0.2) is 33.2 Å². The van der Waals surface area contributed by atoms with Gasteiger partial charge in [-0.15, -0.1) is 12.4 Å². The van der Waals surface area contributed by atoms with E-state index in [1.807, 2.05) is 45.2 Å². The van der Waals surface area contributed by atoms with Crippen LogP contribution in [-0.2, 0) is 17.8 Å². The zero-order valence-electron chi connectivity index (χ0n) is 14.9. The fraction of sp³-hybridized carbons (Fsp3) is 0.444. The van der Waals surface area contributed by atoms with Gasteiger partial charge in [0.15, 0.2) is 11.6 Å². The molecule has 2 aromatic heterocycles. The van der Waals surface area contributed by atoms with Crippen molar-refractivity contribution in [3.8, 4) is 11.7 Å². The monoisotopic (exact) mass is 365 g/mol. The summed E-state index contributed by atoms with van der Waals surface area (Å²) in [5.41, 5.74) is 1.73. The Hall–Kier alpha value is -1.89. The second-order valence-electron chi connectivity index (χ2n) is 6.18. The zero-order valence-corrected chi connectivity index (χ0v) is 15.7. The van der Waals surface area contributed by atoms with E-state index in [-0.39, 0.29) is 24.6 Å². The summed E-state index contributed by atoms with van der Waals surface area (Å²) in [6, 6.07) is 8.14. The summed E-state index contributed by atoms with van der Waals surface area (Å²) >= 11 is 0. The lowest BCUT2D eigenvalue weighted by Gasteiger charge is -2.06. The van der Waals surface area contributed by atoms with Crippen molar-refractivity contribution in [1.82, 2.24) is 15.5 Å². The highest BCUT2D eigenvalue weighted by Gasteiger charge is 2.21. The third-order valence-electron chi connectivity index (χ3n) is 3.90. The van der Waals surface area contributed by atoms with Crippen LogP contribution < -0.4 is 5.32 Å². The highest BCUT2D eigenvalue weighted by molar-refractivity contribution is 5.86. The molecule has 0 fully saturated rings. The van der Waals surface area contributed by atoms with Gasteiger partial charge in [0.25, 0.3) is 5.89 Å². The van der Waals surface area contributed by atoms with Gasteiger partial charge in [-0.3, -0.25) is 0 Å². The third kappa shape index (κ3) is 4.39. The van der Waals surface area contributed by atoms with Crippen molar-refractivity contribution in [2.45, 2.75) is 45.9 Å². The molecule has 0 aliphatic rings. The summed E-state index contributed by atoms with van der Waals surface area (Å²) in [5, 5.41) is 8.23. The lowest BCUT2D eigenvalue weighted by Crippen LogP contribution is -2.24. The molecule has 0 aliphatic heterocycles. The number of benzene rings is 1. The molecule has 6 nitrogen and oxygen atoms in total. The van der Waals surface area contributed by atoms with Crippen molar-refractivity contribution in [3.63, 3.8) is 0 Å². The van der Waals surface area contributed by atoms with Crippen LogP contribution in [-0.4, -0.2) is 29.3 Å². The van der Waals surface area contributed by atoms with Crippen molar-refractivity contribution >= 4 is 23.4 Å². The van der Waals surface area contributed by atoms with Crippen LogP contribution >= 0.6 is 12.4 Å². The first kappa shape index (κ1) is 19.4. The molecule has 0 amide bonds. The van der Waals surface area contributed by atoms with Crippen LogP contribution in [0, 0.1) is 0 Å². The van der Waals surface area contributed by atoms with Gasteiger partial charge in [-0.05, 0) is 33.9 Å². The van der Waals surface area contributed by atoms with Crippen molar-refractivity contribution in [3.05, 3.63) is 35.7 Å². The number of halogens is 1. The number of hydrogen-bond donors (Lipinski definition) is 1. The van der Waals surface area contributed by atoms with E-state index in [2.05, 4.69) is 22.4 Å². The largest absolute Gasteiger partial charge is 0.450 e. The summed E-state index contributed by atoms with van der Waals surface area (Å²) in [7, 11) is 1.91. The SMILES string of the molecule is CNC(C)Cc1noc(-c2oc3ccccc3c2COC(C)C)n1.Cl. The number of nitrogens with one attached hydrogen (secondary N) is 1. The van der Waals surface area contributed by atoms with Gasteiger partial charge in [0, 0.05) is 23.4 Å². The lowest BCUT2D eigenvalue weighted by molar-refractivity contribution is 0.0662. The summed E-state index contributed by atoms with van der Waals surface area (Å²) in [5.74, 6) is 1.64. The Balaban J connectivity index is 0.00000225. The number of aromatic nitrogens is 2. The maximum absolute atomic E-state index is 5.97. The summed E-state index contributed by atoms with van der Waals surface area (Å²) < 4.78 is 17.2. The molecule has 136 valence electrons. The molecule has 0 saturated heterocycles. The highest BCUT2D eigenvalue weighted by Crippen LogP contribution is 2.33. The average molecular weight is 366 g/mol. The van der Waals surface area contributed by atoms with Crippen LogP contribution in [0.4, 0.5) is 0 Å². The molecule has 0 aliphatic carbocycles. The smallest absolute Gasteiger partial charge is 0.294 e. The molecule has 3 aromatic rings. The van der Waals surface area contributed by atoms with Gasteiger partial charge in [-0.2, -0.15) is 4.98 Å². The second-order valence-corrected chi connectivity index (χ2v) is 6.18. The van der Waals surface area contributed by atoms with Gasteiger partial charge in [0.05, 0.1) is 12.7 Å². The quantitative estimate of drug-likeness (QED) is 0.682. The molecule has 3 rings (SSSR count). The summed E-state index contributed by atoms with van der Waals surface area (Å²) in [6.07, 6.45) is 0.819. The van der Waals surface area contributed by atoms with Crippen molar-refractivity contribution in [2.75, 3.05) is 7.05 Å². The van der Waals surface area contributed by atoms with E-state index in [0.29, 0.717) is 30.5 Å². The van der Waals surface area contributed by atoms with Crippen molar-refractivity contribution in [2.24, 2.45) is 0 Å². The van der Waals surface area contributed by atoms with E-state index in [4.69, 9.17) is 13.7 Å². The molecule has 1 aromatic carbocycles. The predicted molar refractivity (Wildman–Crippen MR) is 98.9 cm³/mol. The van der Waals surface area contributed by atoms with E-state index in [0.717, 1.165) is 16.5 Å². The minimum Gasteiger partial charge on any atom is -0.450 e. The van der Waals surface area contributed by atoms with Gasteiger partial charge in [-0.25, -0.2) is 0 Å². The normalized spacial score (nSPS) is 12.5. The topological polar surface area (TPSA) is 73.3 Å². The molecule has 1 atom stereocenters. The van der Waals surface area contributed by atoms with Gasteiger partial charge in [-0.1, -0.05) is 23.4 Å². The van der Waals surface area contributed by atoms with Crippen molar-refractivity contribution < 1.29 is 13.7 Å². The molecule has 0 bridgehead atoms. The Labute approximate surface area is 153 Å². The molecule has 0 saturated carbocycles. The van der Waals surface area contributed by atoms with E-state index < -0.39 is 0 Å². The molecule has 7 heteroatoms. The first-order valence-corrected chi connectivity index (χ1v) is 8.20. The van der Waals surface area contributed by atoms with Gasteiger partial charge < -0.3 is 19.0 Å². The molecule has 0 radical (unpaired) electrons. The number of fused-ring (bicyclic) bond motifs is 1. The van der Waals surface area contributed by atoms with Gasteiger partial charge >= 0.3 is 0 Å². The third-order valence-corrected chi connectivity index (χ3v) is 3.90. The number of hydrogen-bond acceptors (Lipinski definition) is 6. The summed E-state index contributed by atoms with van der Waals surface area (Å²) in [6.45, 7) is 6.52. The Morgan fingerprint density at radius 3 is 2.68 bits per heavy atom. The number of furan rings is 1. The number of para-hydroxylation sites is 1. The van der Waals surface area contributed by atoms with Crippen LogP contribution in [0.1, 0.15) is 32.2 Å². The Kier molecular flexibility index (Phi) is 6.58. The maximum atomic E-state index is 5.97. The van der Waals surface area contributed by atoms with Crippen LogP contribution in [0.2, 0.25) is 0 Å². The number of rotatable bonds is 7. The number of likely N-dealkylation sites (N-methyl/N-ethyl adjacent to an activating group) is 1. The molecule has 2 heterocycles. The van der Waals surface area contributed by atoms with E-state index in [9.17, 15) is 0 Å². The second kappa shape index (κ2) is 8.47. The summed E-state index contributed by atoms with van der Waals surface area (Å²) in [4.78, 5) is 4.48. The lowest BCUT2D eigenvalue weighted by atomic mass is 10.1. The zero-order chi connectivity index (χ0) is 17.1. The Morgan fingerprint density at radius 1 is 1.20 bits per heavy atom. The van der Waals surface area contributed by atoms with Gasteiger partial charge in [0.1, 0.15) is 5.58 Å². The Bertz CT molecular complexity index is 813. The van der Waals surface area contributed by atoms with Crippen LogP contribution in [0.5, 0.6) is 0 Å². The van der Waals surface area contributed by atoms with Gasteiger partial charge in [0.2, 0.25) is 0 Å². The predicted octanol–water partition coefficient (Wildman–Crippen LogP) is 3.98. The minimum atomic E-state index is 0. The molecular weight excluding hydrogens is 342 g/mol. The highest BCUT2D eigenvalue weighted by atomic mass is 35.5. The number of ether oxygens (including phenoxy) is 1. The maximum Gasteiger partial charge on any atom is 0.294 e. The molecular formula is C18H24ClN3O3. The van der Waals surface area contributed by atoms with Crippen molar-refractivity contribution in [1.29, 1.82) is 0 Å². The fourth-order valence-electron chi connectivity index (χ4n) is 2.47. The van der Waals surface area contributed by atoms with E-state index >= 15 is 0 Å². The van der Waals surface area contributed by atoms with Crippen LogP contribution in [0.25, 0.3) is 22.6 Å². The Morgan fingerprint density at radius 2 is 1.96 bits per heavy atom. The molecule has 25 heavy (non-hydrogen) atoms. The molecule has 1 unspecified atom stereocenters. The molecule has 1 N–H and O–H groups in total. The first-order valence-electron chi connectivity index (χ1n) is 8.20. The van der Waals surface area contributed by atoms with E-state index in [1.165, 1.54) is 0 Å². The van der Waals surface area contributed by atoms with Crippen LogP contribution in [0.3, 0.4) is 0 Å². The fourth-order valence-corrected chi connectivity index (χ4v) is 2.47. The standard InChI is InChI=1S/C18H23N3O3.ClH/c1-11(2)22-10-14-13-7-5-6-8-15(13)23-17(14)18-20-16(21-24-18)9-12(3)19-4;/h5-8,11-12,19H,9-10H2,1-4H3;1H. The average Bonchev–Trinajstić information content (AvgIpc) is 3.16. The van der Waals surface area contributed by atoms with E-state index in [1.54, 1.807) is 0 Å². The minimum absolute atomic E-state index is 0. The molecule has 0 spiro atoms. The first-order chi connectivity index (χ1) is 11.6.